The maximum atomic E-state index is 12.8. The number of Topliss-reactive ketones (excluding diaryl/α,β-unsaturated/α-hetero) is 1. The molecule has 0 saturated heterocycles. The van der Waals surface area contributed by atoms with Crippen LogP contribution in [0.3, 0.4) is 0 Å². The SMILES string of the molecule is CC(CC(=O)c1cc(=O)[nH]c(-c2ccccc2)n1)c1ccc(-c2ccncc2)cc1. The zero-order valence-corrected chi connectivity index (χ0v) is 16.6. The van der Waals surface area contributed by atoms with Crippen molar-refractivity contribution in [2.75, 3.05) is 0 Å². The molecule has 1 N–H and O–H groups in total. The minimum atomic E-state index is -0.332. The summed E-state index contributed by atoms with van der Waals surface area (Å²) in [6.45, 7) is 2.00. The van der Waals surface area contributed by atoms with Gasteiger partial charge in [0, 0.05) is 30.4 Å². The Morgan fingerprint density at radius 1 is 0.900 bits per heavy atom. The van der Waals surface area contributed by atoms with E-state index >= 15 is 0 Å². The molecular weight excluding hydrogens is 374 g/mol. The van der Waals surface area contributed by atoms with Gasteiger partial charge in [0.1, 0.15) is 11.5 Å². The molecule has 0 amide bonds. The van der Waals surface area contributed by atoms with Gasteiger partial charge in [0.25, 0.3) is 5.56 Å². The first-order chi connectivity index (χ1) is 14.6. The first kappa shape index (κ1) is 19.5. The van der Waals surface area contributed by atoms with Gasteiger partial charge in [-0.3, -0.25) is 14.6 Å². The van der Waals surface area contributed by atoms with Crippen molar-refractivity contribution in [1.82, 2.24) is 15.0 Å². The summed E-state index contributed by atoms with van der Waals surface area (Å²) in [5, 5.41) is 0. The number of pyridine rings is 1. The van der Waals surface area contributed by atoms with E-state index in [4.69, 9.17) is 0 Å². The average Bonchev–Trinajstić information content (AvgIpc) is 2.80. The van der Waals surface area contributed by atoms with E-state index in [-0.39, 0.29) is 29.4 Å². The van der Waals surface area contributed by atoms with Crippen LogP contribution in [0, 0.1) is 0 Å². The number of hydrogen-bond acceptors (Lipinski definition) is 4. The molecule has 1 unspecified atom stereocenters. The van der Waals surface area contributed by atoms with Gasteiger partial charge in [-0.2, -0.15) is 0 Å². The minimum absolute atomic E-state index is 0.00486. The van der Waals surface area contributed by atoms with Crippen LogP contribution in [0.2, 0.25) is 0 Å². The fourth-order valence-corrected chi connectivity index (χ4v) is 3.38. The van der Waals surface area contributed by atoms with Crippen LogP contribution in [-0.2, 0) is 0 Å². The molecule has 0 saturated carbocycles. The minimum Gasteiger partial charge on any atom is -0.306 e. The normalized spacial score (nSPS) is 11.8. The summed E-state index contributed by atoms with van der Waals surface area (Å²) in [6, 6.07) is 22.7. The van der Waals surface area contributed by atoms with Crippen LogP contribution in [0.4, 0.5) is 0 Å². The van der Waals surface area contributed by atoms with Gasteiger partial charge >= 0.3 is 0 Å². The monoisotopic (exact) mass is 395 g/mol. The highest BCUT2D eigenvalue weighted by atomic mass is 16.1. The molecule has 30 heavy (non-hydrogen) atoms. The lowest BCUT2D eigenvalue weighted by atomic mass is 9.93. The van der Waals surface area contributed by atoms with Crippen molar-refractivity contribution in [2.24, 2.45) is 0 Å². The van der Waals surface area contributed by atoms with E-state index in [2.05, 4.69) is 15.0 Å². The summed E-state index contributed by atoms with van der Waals surface area (Å²) >= 11 is 0. The number of aromatic amines is 1. The van der Waals surface area contributed by atoms with E-state index < -0.39 is 0 Å². The van der Waals surface area contributed by atoms with Gasteiger partial charge in [-0.05, 0) is 34.7 Å². The number of aromatic nitrogens is 3. The van der Waals surface area contributed by atoms with E-state index in [0.717, 1.165) is 22.3 Å². The summed E-state index contributed by atoms with van der Waals surface area (Å²) in [4.78, 5) is 36.0. The number of carbonyl (C=O) groups excluding carboxylic acids is 1. The number of hydrogen-bond donors (Lipinski definition) is 1. The van der Waals surface area contributed by atoms with Gasteiger partial charge < -0.3 is 4.98 Å². The topological polar surface area (TPSA) is 75.7 Å². The Bertz CT molecular complexity index is 1200. The third-order valence-corrected chi connectivity index (χ3v) is 5.06. The van der Waals surface area contributed by atoms with Crippen LogP contribution in [0.5, 0.6) is 0 Å². The smallest absolute Gasteiger partial charge is 0.251 e. The summed E-state index contributed by atoms with van der Waals surface area (Å²) in [5.74, 6) is 0.259. The molecule has 148 valence electrons. The van der Waals surface area contributed by atoms with Gasteiger partial charge in [-0.25, -0.2) is 4.98 Å². The first-order valence-electron chi connectivity index (χ1n) is 9.80. The Kier molecular flexibility index (Phi) is 5.61. The highest BCUT2D eigenvalue weighted by Gasteiger charge is 2.16. The second-order valence-electron chi connectivity index (χ2n) is 7.23. The molecule has 4 rings (SSSR count). The Labute approximate surface area is 174 Å². The molecule has 1 atom stereocenters. The van der Waals surface area contributed by atoms with Crippen molar-refractivity contribution >= 4 is 5.78 Å². The maximum absolute atomic E-state index is 12.8. The molecule has 0 spiro atoms. The molecule has 5 heteroatoms. The largest absolute Gasteiger partial charge is 0.306 e. The second-order valence-corrected chi connectivity index (χ2v) is 7.23. The molecular formula is C25H21N3O2. The highest BCUT2D eigenvalue weighted by Crippen LogP contribution is 2.25. The molecule has 0 radical (unpaired) electrons. The van der Waals surface area contributed by atoms with Crippen molar-refractivity contribution < 1.29 is 4.79 Å². The van der Waals surface area contributed by atoms with Crippen molar-refractivity contribution in [3.63, 3.8) is 0 Å². The molecule has 0 fully saturated rings. The molecule has 2 aromatic carbocycles. The van der Waals surface area contributed by atoms with Crippen LogP contribution >= 0.6 is 0 Å². The van der Waals surface area contributed by atoms with Crippen LogP contribution in [0.25, 0.3) is 22.5 Å². The number of nitrogens with zero attached hydrogens (tertiary/aromatic N) is 2. The molecule has 5 nitrogen and oxygen atoms in total. The van der Waals surface area contributed by atoms with Gasteiger partial charge in [0.15, 0.2) is 5.78 Å². The van der Waals surface area contributed by atoms with Crippen LogP contribution in [-0.4, -0.2) is 20.7 Å². The zero-order chi connectivity index (χ0) is 20.9. The Morgan fingerprint density at radius 3 is 2.27 bits per heavy atom. The first-order valence-corrected chi connectivity index (χ1v) is 9.80. The lowest BCUT2D eigenvalue weighted by molar-refractivity contribution is 0.0970. The quantitative estimate of drug-likeness (QED) is 0.472. The number of ketones is 1. The van der Waals surface area contributed by atoms with Crippen molar-refractivity contribution in [3.8, 4) is 22.5 Å². The van der Waals surface area contributed by atoms with Gasteiger partial charge in [-0.1, -0.05) is 61.5 Å². The van der Waals surface area contributed by atoms with E-state index in [1.54, 1.807) is 12.4 Å². The standard InChI is InChI=1S/C25H21N3O2/c1-17(18-7-9-19(10-8-18)20-11-13-26-14-12-20)15-23(29)22-16-24(30)28-25(27-22)21-5-3-2-4-6-21/h2-14,16-17H,15H2,1H3,(H,27,28,30). The molecule has 2 aromatic heterocycles. The third-order valence-electron chi connectivity index (χ3n) is 5.06. The van der Waals surface area contributed by atoms with Crippen molar-refractivity contribution in [3.05, 3.63) is 107 Å². The predicted octanol–water partition coefficient (Wildman–Crippen LogP) is 4.88. The van der Waals surface area contributed by atoms with Gasteiger partial charge in [-0.15, -0.1) is 0 Å². The molecule has 2 heterocycles. The Morgan fingerprint density at radius 2 is 1.57 bits per heavy atom. The van der Waals surface area contributed by atoms with Crippen molar-refractivity contribution in [2.45, 2.75) is 19.3 Å². The summed E-state index contributed by atoms with van der Waals surface area (Å²) < 4.78 is 0. The van der Waals surface area contributed by atoms with Gasteiger partial charge in [0.2, 0.25) is 0 Å². The summed E-state index contributed by atoms with van der Waals surface area (Å²) in [7, 11) is 0. The molecule has 0 aliphatic carbocycles. The number of H-pyrrole nitrogens is 1. The van der Waals surface area contributed by atoms with E-state index in [1.165, 1.54) is 6.07 Å². The fourth-order valence-electron chi connectivity index (χ4n) is 3.38. The third kappa shape index (κ3) is 4.41. The molecule has 0 bridgehead atoms. The van der Waals surface area contributed by atoms with E-state index in [1.807, 2.05) is 73.7 Å². The van der Waals surface area contributed by atoms with Crippen LogP contribution in [0.15, 0.2) is 90.0 Å². The number of carbonyl (C=O) groups is 1. The van der Waals surface area contributed by atoms with E-state index in [9.17, 15) is 9.59 Å². The van der Waals surface area contributed by atoms with Crippen LogP contribution < -0.4 is 5.56 Å². The molecule has 4 aromatic rings. The Hall–Kier alpha value is -3.86. The zero-order valence-electron chi connectivity index (χ0n) is 16.6. The maximum Gasteiger partial charge on any atom is 0.251 e. The number of benzene rings is 2. The van der Waals surface area contributed by atoms with E-state index in [0.29, 0.717) is 5.82 Å². The Balaban J connectivity index is 1.51. The summed E-state index contributed by atoms with van der Waals surface area (Å²) in [5.41, 5.74) is 3.89. The number of rotatable bonds is 6. The average molecular weight is 395 g/mol. The number of nitrogens with one attached hydrogen (secondary N) is 1. The fraction of sp³-hybridized carbons (Fsp3) is 0.120. The van der Waals surface area contributed by atoms with Crippen molar-refractivity contribution in [1.29, 1.82) is 0 Å². The van der Waals surface area contributed by atoms with Crippen LogP contribution in [0.1, 0.15) is 35.3 Å². The molecule has 0 aliphatic heterocycles. The second kappa shape index (κ2) is 8.66. The summed E-state index contributed by atoms with van der Waals surface area (Å²) in [6.07, 6.45) is 3.81. The van der Waals surface area contributed by atoms with Gasteiger partial charge in [0.05, 0.1) is 0 Å². The predicted molar refractivity (Wildman–Crippen MR) is 117 cm³/mol. The lowest BCUT2D eigenvalue weighted by Crippen LogP contribution is -2.15. The lowest BCUT2D eigenvalue weighted by Gasteiger charge is -2.12. The highest BCUT2D eigenvalue weighted by molar-refractivity contribution is 5.95. The molecule has 0 aliphatic rings.